The Labute approximate surface area is 146 Å². The summed E-state index contributed by atoms with van der Waals surface area (Å²) in [6, 6.07) is 9.30. The molecule has 0 aromatic heterocycles. The van der Waals surface area contributed by atoms with Gasteiger partial charge < -0.3 is 9.47 Å². The number of ether oxygens (including phenoxy) is 2. The number of para-hydroxylation sites is 1. The van der Waals surface area contributed by atoms with Crippen LogP contribution in [0.15, 0.2) is 30.3 Å². The van der Waals surface area contributed by atoms with E-state index in [1.807, 2.05) is 51.1 Å². The zero-order valence-corrected chi connectivity index (χ0v) is 16.4. The fourth-order valence-corrected chi connectivity index (χ4v) is 3.75. The first-order valence-electron chi connectivity index (χ1n) is 8.15. The second-order valence-corrected chi connectivity index (χ2v) is 9.49. The summed E-state index contributed by atoms with van der Waals surface area (Å²) >= 11 is 0. The molecule has 0 spiro atoms. The Bertz CT molecular complexity index is 588. The average molecular weight is 359 g/mol. The molecule has 5 nitrogen and oxygen atoms in total. The maximum Gasteiger partial charge on any atom is 0.294 e. The van der Waals surface area contributed by atoms with Gasteiger partial charge in [-0.1, -0.05) is 39.0 Å². The fourth-order valence-electron chi connectivity index (χ4n) is 2.66. The molecule has 0 saturated carbocycles. The number of hydrogen-bond donors (Lipinski definition) is 0. The highest BCUT2D eigenvalue weighted by molar-refractivity contribution is 7.87. The molecular weight excluding hydrogens is 328 g/mol. The Kier molecular flexibility index (Phi) is 7.25. The summed E-state index contributed by atoms with van der Waals surface area (Å²) in [4.78, 5) is 0. The van der Waals surface area contributed by atoms with Gasteiger partial charge >= 0.3 is 0 Å². The largest absolute Gasteiger partial charge is 0.491 e. The van der Waals surface area contributed by atoms with Gasteiger partial charge in [0.15, 0.2) is 5.44 Å². The first-order chi connectivity index (χ1) is 10.9. The highest BCUT2D eigenvalue weighted by atomic mass is 32.2. The van der Waals surface area contributed by atoms with Gasteiger partial charge in [0.25, 0.3) is 10.1 Å². The molecule has 0 amide bonds. The number of benzene rings is 1. The zero-order chi connectivity index (χ0) is 18.4. The van der Waals surface area contributed by atoms with Crippen molar-refractivity contribution < 1.29 is 22.1 Å². The predicted octanol–water partition coefficient (Wildman–Crippen LogP) is 3.99. The van der Waals surface area contributed by atoms with Gasteiger partial charge in [-0.3, -0.25) is 4.18 Å². The van der Waals surface area contributed by atoms with Crippen LogP contribution in [0.4, 0.5) is 0 Å². The minimum atomic E-state index is -3.81. The van der Waals surface area contributed by atoms with Crippen molar-refractivity contribution in [1.29, 1.82) is 0 Å². The molecule has 0 heterocycles. The molecule has 24 heavy (non-hydrogen) atoms. The molecule has 1 aromatic rings. The van der Waals surface area contributed by atoms with Crippen LogP contribution < -0.4 is 4.74 Å². The first-order valence-corrected chi connectivity index (χ1v) is 9.62. The van der Waals surface area contributed by atoms with Crippen molar-refractivity contribution in [3.63, 3.8) is 0 Å². The van der Waals surface area contributed by atoms with E-state index in [0.29, 0.717) is 6.42 Å². The molecule has 0 saturated heterocycles. The predicted molar refractivity (Wildman–Crippen MR) is 95.5 cm³/mol. The molecule has 6 heteroatoms. The molecule has 0 N–H and O–H groups in total. The Balaban J connectivity index is 2.46. The van der Waals surface area contributed by atoms with Crippen LogP contribution in [0.2, 0.25) is 0 Å². The molecule has 1 rings (SSSR count). The van der Waals surface area contributed by atoms with Crippen LogP contribution in [-0.4, -0.2) is 32.7 Å². The smallest absolute Gasteiger partial charge is 0.294 e. The molecule has 138 valence electrons. The average Bonchev–Trinajstić information content (AvgIpc) is 2.40. The van der Waals surface area contributed by atoms with Crippen molar-refractivity contribution in [2.75, 3.05) is 13.2 Å². The third kappa shape index (κ3) is 8.13. The van der Waals surface area contributed by atoms with Crippen LogP contribution >= 0.6 is 0 Å². The van der Waals surface area contributed by atoms with Crippen LogP contribution in [0.25, 0.3) is 0 Å². The van der Waals surface area contributed by atoms with Crippen LogP contribution in [0.5, 0.6) is 5.75 Å². The van der Waals surface area contributed by atoms with Crippen molar-refractivity contribution >= 4 is 10.1 Å². The topological polar surface area (TPSA) is 61.8 Å². The van der Waals surface area contributed by atoms with Gasteiger partial charge in [-0.2, -0.15) is 8.42 Å². The Morgan fingerprint density at radius 2 is 1.58 bits per heavy atom. The van der Waals surface area contributed by atoms with Crippen LogP contribution in [0, 0.1) is 5.41 Å². The summed E-state index contributed by atoms with van der Waals surface area (Å²) in [6.07, 6.45) is 0.614. The molecular formula is C18H30O5S. The van der Waals surface area contributed by atoms with Gasteiger partial charge in [0.05, 0.1) is 12.2 Å². The fraction of sp³-hybridized carbons (Fsp3) is 0.667. The van der Waals surface area contributed by atoms with Crippen molar-refractivity contribution in [2.24, 2.45) is 5.41 Å². The quantitative estimate of drug-likeness (QED) is 0.493. The van der Waals surface area contributed by atoms with E-state index in [1.165, 1.54) is 6.92 Å². The van der Waals surface area contributed by atoms with Gasteiger partial charge in [-0.15, -0.1) is 0 Å². The van der Waals surface area contributed by atoms with Crippen LogP contribution in [-0.2, 0) is 19.0 Å². The van der Waals surface area contributed by atoms with Gasteiger partial charge in [0.2, 0.25) is 0 Å². The van der Waals surface area contributed by atoms with Crippen LogP contribution in [0.3, 0.4) is 0 Å². The normalized spacial score (nSPS) is 14.4. The van der Waals surface area contributed by atoms with E-state index >= 15 is 0 Å². The molecule has 0 aliphatic carbocycles. The Morgan fingerprint density at radius 1 is 1.00 bits per heavy atom. The minimum absolute atomic E-state index is 0.0351. The standard InChI is InChI=1S/C18H30O5S/c1-15(21-12-13-22-16-10-8-7-9-11-16)24(19,20)23-18(5,6)14-17(2,3)4/h7-11,15H,12-14H2,1-6H3. The van der Waals surface area contributed by atoms with E-state index in [9.17, 15) is 8.42 Å². The highest BCUT2D eigenvalue weighted by Crippen LogP contribution is 2.31. The van der Waals surface area contributed by atoms with Gasteiger partial charge in [-0.05, 0) is 44.7 Å². The third-order valence-electron chi connectivity index (χ3n) is 3.15. The van der Waals surface area contributed by atoms with E-state index in [2.05, 4.69) is 0 Å². The molecule has 0 fully saturated rings. The third-order valence-corrected chi connectivity index (χ3v) is 4.78. The van der Waals surface area contributed by atoms with Crippen LogP contribution in [0.1, 0.15) is 48.0 Å². The lowest BCUT2D eigenvalue weighted by atomic mass is 9.84. The molecule has 0 aliphatic heterocycles. The molecule has 0 radical (unpaired) electrons. The van der Waals surface area contributed by atoms with E-state index in [1.54, 1.807) is 13.8 Å². The van der Waals surface area contributed by atoms with Gasteiger partial charge in [-0.25, -0.2) is 0 Å². The maximum atomic E-state index is 12.3. The summed E-state index contributed by atoms with van der Waals surface area (Å²) < 4.78 is 40.8. The molecule has 1 atom stereocenters. The second kappa shape index (κ2) is 8.32. The summed E-state index contributed by atoms with van der Waals surface area (Å²) in [5.41, 5.74) is -1.86. The maximum absolute atomic E-state index is 12.3. The Morgan fingerprint density at radius 3 is 2.12 bits per heavy atom. The summed E-state index contributed by atoms with van der Waals surface area (Å²) in [5, 5.41) is 0. The van der Waals surface area contributed by atoms with E-state index in [0.717, 1.165) is 5.75 Å². The van der Waals surface area contributed by atoms with Gasteiger partial charge in [0, 0.05) is 0 Å². The van der Waals surface area contributed by atoms with E-state index < -0.39 is 21.2 Å². The minimum Gasteiger partial charge on any atom is -0.491 e. The SMILES string of the molecule is CC(OCCOc1ccccc1)S(=O)(=O)OC(C)(C)CC(C)(C)C. The monoisotopic (exact) mass is 358 g/mol. The Hall–Kier alpha value is -1.11. The molecule has 0 bridgehead atoms. The molecule has 1 unspecified atom stereocenters. The van der Waals surface area contributed by atoms with Crippen molar-refractivity contribution in [3.05, 3.63) is 30.3 Å². The number of rotatable bonds is 9. The lowest BCUT2D eigenvalue weighted by Gasteiger charge is -2.32. The number of hydrogen-bond acceptors (Lipinski definition) is 5. The zero-order valence-electron chi connectivity index (χ0n) is 15.5. The van der Waals surface area contributed by atoms with E-state index in [-0.39, 0.29) is 18.6 Å². The summed E-state index contributed by atoms with van der Waals surface area (Å²) in [6.45, 7) is 11.6. The van der Waals surface area contributed by atoms with Crippen molar-refractivity contribution in [1.82, 2.24) is 0 Å². The summed E-state index contributed by atoms with van der Waals surface area (Å²) in [7, 11) is -3.81. The van der Waals surface area contributed by atoms with Gasteiger partial charge in [0.1, 0.15) is 12.4 Å². The molecule has 1 aromatic carbocycles. The molecule has 0 aliphatic rings. The lowest BCUT2D eigenvalue weighted by molar-refractivity contribution is 0.0409. The van der Waals surface area contributed by atoms with E-state index in [4.69, 9.17) is 13.7 Å². The second-order valence-electron chi connectivity index (χ2n) is 7.67. The van der Waals surface area contributed by atoms with Crippen molar-refractivity contribution in [3.8, 4) is 5.75 Å². The van der Waals surface area contributed by atoms with Crippen molar-refractivity contribution in [2.45, 2.75) is 59.0 Å². The lowest BCUT2D eigenvalue weighted by Crippen LogP contribution is -2.37. The highest BCUT2D eigenvalue weighted by Gasteiger charge is 2.34. The first kappa shape index (κ1) is 20.9. The summed E-state index contributed by atoms with van der Waals surface area (Å²) in [5.74, 6) is 0.721.